The third kappa shape index (κ3) is 3.57. The van der Waals surface area contributed by atoms with Gasteiger partial charge in [0.25, 0.3) is 0 Å². The van der Waals surface area contributed by atoms with Crippen molar-refractivity contribution in [1.82, 2.24) is 4.57 Å². The lowest BCUT2D eigenvalue weighted by Crippen LogP contribution is -2.34. The number of carbonyl (C=O) groups is 1. The van der Waals surface area contributed by atoms with Crippen LogP contribution in [0.2, 0.25) is 0 Å². The van der Waals surface area contributed by atoms with Crippen LogP contribution in [0.4, 0.5) is 0 Å². The SMILES string of the molecule is COCCCOc1cc2c(cc1OC)-c1cc(=O)c(C(=O)O)cn1[C@@H]1CCOC[C@H]21. The molecular formula is C22H25NO7. The molecule has 0 amide bonds. The summed E-state index contributed by atoms with van der Waals surface area (Å²) in [4.78, 5) is 24.0. The molecule has 160 valence electrons. The largest absolute Gasteiger partial charge is 0.493 e. The second-order valence-electron chi connectivity index (χ2n) is 7.47. The third-order valence-corrected chi connectivity index (χ3v) is 5.75. The van der Waals surface area contributed by atoms with Crippen LogP contribution < -0.4 is 14.9 Å². The Balaban J connectivity index is 1.84. The van der Waals surface area contributed by atoms with Crippen LogP contribution in [0.1, 0.15) is 40.7 Å². The highest BCUT2D eigenvalue weighted by Gasteiger charge is 2.37. The average Bonchev–Trinajstić information content (AvgIpc) is 2.75. The number of methoxy groups -OCH3 is 2. The Hall–Kier alpha value is -2.84. The molecule has 3 heterocycles. The first-order valence-electron chi connectivity index (χ1n) is 9.96. The van der Waals surface area contributed by atoms with E-state index in [1.54, 1.807) is 14.2 Å². The van der Waals surface area contributed by atoms with Crippen LogP contribution >= 0.6 is 0 Å². The highest BCUT2D eigenvalue weighted by molar-refractivity contribution is 5.88. The fraction of sp³-hybridized carbons (Fsp3) is 0.455. The number of nitrogens with zero attached hydrogens (tertiary/aromatic N) is 1. The summed E-state index contributed by atoms with van der Waals surface area (Å²) in [5, 5.41) is 9.41. The number of pyridine rings is 1. The van der Waals surface area contributed by atoms with Gasteiger partial charge in [-0.1, -0.05) is 0 Å². The van der Waals surface area contributed by atoms with Crippen molar-refractivity contribution in [3.63, 3.8) is 0 Å². The van der Waals surface area contributed by atoms with Crippen LogP contribution in [0.25, 0.3) is 11.3 Å². The normalized spacial score (nSPS) is 19.4. The lowest BCUT2D eigenvalue weighted by molar-refractivity contribution is 0.0488. The zero-order chi connectivity index (χ0) is 21.3. The molecule has 4 rings (SSSR count). The van der Waals surface area contributed by atoms with Crippen LogP contribution in [-0.4, -0.2) is 56.3 Å². The number of aromatic carboxylic acids is 1. The highest BCUT2D eigenvalue weighted by atomic mass is 16.5. The van der Waals surface area contributed by atoms with Gasteiger partial charge in [0.15, 0.2) is 16.9 Å². The van der Waals surface area contributed by atoms with E-state index in [0.717, 1.165) is 24.0 Å². The van der Waals surface area contributed by atoms with Gasteiger partial charge in [-0.15, -0.1) is 0 Å². The van der Waals surface area contributed by atoms with Crippen LogP contribution in [0.5, 0.6) is 11.5 Å². The molecule has 0 unspecified atom stereocenters. The number of hydrogen-bond donors (Lipinski definition) is 1. The molecule has 2 aliphatic heterocycles. The molecule has 1 saturated heterocycles. The number of carboxylic acids is 1. The van der Waals surface area contributed by atoms with Crippen LogP contribution in [0, 0.1) is 0 Å². The fourth-order valence-corrected chi connectivity index (χ4v) is 4.32. The Kier molecular flexibility index (Phi) is 5.78. The number of carboxylic acid groups (broad SMARTS) is 1. The number of hydrogen-bond acceptors (Lipinski definition) is 6. The molecule has 0 spiro atoms. The lowest BCUT2D eigenvalue weighted by Gasteiger charge is -2.40. The Morgan fingerprint density at radius 3 is 2.80 bits per heavy atom. The molecule has 2 atom stereocenters. The number of aromatic nitrogens is 1. The monoisotopic (exact) mass is 415 g/mol. The molecule has 1 N–H and O–H groups in total. The zero-order valence-electron chi connectivity index (χ0n) is 17.1. The quantitative estimate of drug-likeness (QED) is 0.695. The zero-order valence-corrected chi connectivity index (χ0v) is 17.1. The van der Waals surface area contributed by atoms with Crippen molar-refractivity contribution in [2.75, 3.05) is 40.6 Å². The molecule has 0 saturated carbocycles. The van der Waals surface area contributed by atoms with Gasteiger partial charge in [0, 0.05) is 56.5 Å². The van der Waals surface area contributed by atoms with Crippen LogP contribution in [0.3, 0.4) is 0 Å². The first-order valence-corrected chi connectivity index (χ1v) is 9.96. The van der Waals surface area contributed by atoms with E-state index in [0.29, 0.717) is 43.6 Å². The second-order valence-corrected chi connectivity index (χ2v) is 7.47. The maximum atomic E-state index is 12.4. The predicted octanol–water partition coefficient (Wildman–Crippen LogP) is 2.70. The minimum absolute atomic E-state index is 0.00897. The van der Waals surface area contributed by atoms with Crippen molar-refractivity contribution < 1.29 is 28.8 Å². The molecule has 30 heavy (non-hydrogen) atoms. The van der Waals surface area contributed by atoms with E-state index < -0.39 is 11.4 Å². The second kappa shape index (κ2) is 8.49. The van der Waals surface area contributed by atoms with Gasteiger partial charge in [-0.25, -0.2) is 4.79 Å². The number of benzene rings is 1. The first-order chi connectivity index (χ1) is 14.5. The van der Waals surface area contributed by atoms with Crippen molar-refractivity contribution >= 4 is 5.97 Å². The first kappa shape index (κ1) is 20.4. The van der Waals surface area contributed by atoms with Gasteiger partial charge in [-0.05, 0) is 24.1 Å². The van der Waals surface area contributed by atoms with Crippen molar-refractivity contribution in [2.45, 2.75) is 24.8 Å². The number of ether oxygens (including phenoxy) is 4. The van der Waals surface area contributed by atoms with Gasteiger partial charge >= 0.3 is 5.97 Å². The lowest BCUT2D eigenvalue weighted by atomic mass is 9.80. The van der Waals surface area contributed by atoms with Gasteiger partial charge in [0.1, 0.15) is 5.56 Å². The van der Waals surface area contributed by atoms with Gasteiger partial charge < -0.3 is 28.6 Å². The number of fused-ring (bicyclic) bond motifs is 6. The minimum atomic E-state index is -1.22. The van der Waals surface area contributed by atoms with Crippen molar-refractivity contribution in [3.05, 3.63) is 45.7 Å². The highest BCUT2D eigenvalue weighted by Crippen LogP contribution is 2.48. The van der Waals surface area contributed by atoms with Crippen molar-refractivity contribution in [1.29, 1.82) is 0 Å². The van der Waals surface area contributed by atoms with E-state index >= 15 is 0 Å². The molecule has 8 nitrogen and oxygen atoms in total. The molecule has 1 aromatic heterocycles. The van der Waals surface area contributed by atoms with Crippen molar-refractivity contribution in [2.24, 2.45) is 0 Å². The van der Waals surface area contributed by atoms with E-state index in [1.807, 2.05) is 16.7 Å². The summed E-state index contributed by atoms with van der Waals surface area (Å²) in [5.41, 5.74) is 1.80. The summed E-state index contributed by atoms with van der Waals surface area (Å²) in [6.07, 6.45) is 2.95. The molecule has 0 radical (unpaired) electrons. The van der Waals surface area contributed by atoms with E-state index in [4.69, 9.17) is 18.9 Å². The summed E-state index contributed by atoms with van der Waals surface area (Å²) in [6, 6.07) is 5.24. The van der Waals surface area contributed by atoms with E-state index in [2.05, 4.69) is 0 Å². The Morgan fingerprint density at radius 1 is 1.23 bits per heavy atom. The van der Waals surface area contributed by atoms with E-state index in [9.17, 15) is 14.7 Å². The summed E-state index contributed by atoms with van der Waals surface area (Å²) in [6.45, 7) is 2.20. The molecule has 8 heteroatoms. The third-order valence-electron chi connectivity index (χ3n) is 5.75. The number of rotatable bonds is 7. The molecule has 0 bridgehead atoms. The van der Waals surface area contributed by atoms with Gasteiger partial charge in [-0.2, -0.15) is 0 Å². The molecule has 1 fully saturated rings. The predicted molar refractivity (Wildman–Crippen MR) is 109 cm³/mol. The van der Waals surface area contributed by atoms with Crippen LogP contribution in [0.15, 0.2) is 29.2 Å². The van der Waals surface area contributed by atoms with Crippen molar-refractivity contribution in [3.8, 4) is 22.8 Å². The van der Waals surface area contributed by atoms with Gasteiger partial charge in [0.2, 0.25) is 0 Å². The van der Waals surface area contributed by atoms with E-state index in [-0.39, 0.29) is 17.5 Å². The van der Waals surface area contributed by atoms with Gasteiger partial charge in [0.05, 0.1) is 26.0 Å². The topological polar surface area (TPSA) is 96.2 Å². The minimum Gasteiger partial charge on any atom is -0.493 e. The summed E-state index contributed by atoms with van der Waals surface area (Å²) >= 11 is 0. The molecule has 2 aromatic rings. The Labute approximate surface area is 173 Å². The maximum absolute atomic E-state index is 12.4. The standard InChI is InChI=1S/C22H25NO7/c1-27-5-3-6-30-21-8-13-14(9-20(21)28-2)18-10-19(24)15(22(25)26)11-23(18)17-4-7-29-12-16(13)17/h8-11,16-17H,3-7,12H2,1-2H3,(H,25,26)/t16-,17-/m1/s1. The maximum Gasteiger partial charge on any atom is 0.341 e. The summed E-state index contributed by atoms with van der Waals surface area (Å²) in [5.74, 6) is -0.00277. The smallest absolute Gasteiger partial charge is 0.341 e. The fourth-order valence-electron chi connectivity index (χ4n) is 4.32. The summed E-state index contributed by atoms with van der Waals surface area (Å²) in [7, 11) is 3.22. The molecular weight excluding hydrogens is 390 g/mol. The molecule has 0 aliphatic carbocycles. The summed E-state index contributed by atoms with van der Waals surface area (Å²) < 4.78 is 24.2. The van der Waals surface area contributed by atoms with Crippen LogP contribution in [-0.2, 0) is 9.47 Å². The Bertz CT molecular complexity index is 1010. The molecule has 2 aliphatic rings. The van der Waals surface area contributed by atoms with E-state index in [1.165, 1.54) is 12.3 Å². The molecule has 1 aromatic carbocycles. The van der Waals surface area contributed by atoms with Gasteiger partial charge in [-0.3, -0.25) is 4.79 Å². The average molecular weight is 415 g/mol. The Morgan fingerprint density at radius 2 is 2.07 bits per heavy atom.